The quantitative estimate of drug-likeness (QED) is 0.203. The van der Waals surface area contributed by atoms with E-state index in [9.17, 15) is 31.1 Å². The van der Waals surface area contributed by atoms with Crippen LogP contribution >= 0.6 is 0 Å². The molecule has 10 atom stereocenters. The van der Waals surface area contributed by atoms with E-state index in [2.05, 4.69) is 65.6 Å². The zero-order valence-corrected chi connectivity index (χ0v) is 36.9. The van der Waals surface area contributed by atoms with E-state index in [-0.39, 0.29) is 56.6 Å². The number of aliphatic carboxylic acids is 1. The first-order chi connectivity index (χ1) is 26.1. The highest BCUT2D eigenvalue weighted by Gasteiger charge is 2.70. The van der Waals surface area contributed by atoms with Crippen LogP contribution in [0.4, 0.5) is 4.39 Å². The first-order valence-electron chi connectivity index (χ1n) is 21.8. The number of hydrogen-bond donors (Lipinski definition) is 2. The number of carboxylic acids is 1. The first kappa shape index (κ1) is 42.6. The summed E-state index contributed by atoms with van der Waals surface area (Å²) >= 11 is 0. The van der Waals surface area contributed by atoms with Gasteiger partial charge in [-0.15, -0.1) is 0 Å². The molecule has 1 saturated heterocycles. The number of alkyl halides is 1. The topological polar surface area (TPSA) is 121 Å². The number of rotatable bonds is 11. The molecule has 2 N–H and O–H groups in total. The highest BCUT2D eigenvalue weighted by molar-refractivity contribution is 7.91. The molecule has 0 spiro atoms. The van der Waals surface area contributed by atoms with Crippen LogP contribution in [0.25, 0.3) is 0 Å². The molecule has 1 aliphatic heterocycles. The van der Waals surface area contributed by atoms with Crippen molar-refractivity contribution in [2.75, 3.05) is 55.9 Å². The van der Waals surface area contributed by atoms with Gasteiger partial charge in [-0.05, 0) is 146 Å². The molecular formula is C45H71FN2O6S2. The van der Waals surface area contributed by atoms with Crippen LogP contribution in [0.1, 0.15) is 119 Å². The minimum Gasteiger partial charge on any atom is -0.481 e. The molecule has 0 bridgehead atoms. The maximum absolute atomic E-state index is 14.0. The maximum Gasteiger partial charge on any atom is 0.312 e. The molecule has 7 aliphatic rings. The van der Waals surface area contributed by atoms with Gasteiger partial charge in [-0.1, -0.05) is 58.9 Å². The molecule has 0 amide bonds. The van der Waals surface area contributed by atoms with Crippen molar-refractivity contribution in [3.8, 4) is 0 Å². The SMILES string of the molecule is C=C(C)[C@@H]1CC[C@]2(NCCS(=O)(=O)CCN3CCS(=O)(=O)CC3)CC[C@]3(C)[C@H](CCC4[C@@]5(C)CC=C(C6=CC[C@](CF)(C(=O)O)CC6)C(C)(C)C5CC[C@]43C)C12. The molecule has 3 unspecified atom stereocenters. The molecule has 8 nitrogen and oxygen atoms in total. The van der Waals surface area contributed by atoms with Gasteiger partial charge in [-0.2, -0.15) is 0 Å². The van der Waals surface area contributed by atoms with Gasteiger partial charge in [-0.25, -0.2) is 21.2 Å². The van der Waals surface area contributed by atoms with Gasteiger partial charge < -0.3 is 15.3 Å². The molecule has 0 radical (unpaired) electrons. The first-order valence-corrected chi connectivity index (χ1v) is 25.5. The number of fused-ring (bicyclic) bond motifs is 7. The highest BCUT2D eigenvalue weighted by atomic mass is 32.2. The lowest BCUT2D eigenvalue weighted by molar-refractivity contribution is -0.221. The monoisotopic (exact) mass is 818 g/mol. The molecule has 1 heterocycles. The van der Waals surface area contributed by atoms with E-state index in [1.54, 1.807) is 0 Å². The van der Waals surface area contributed by atoms with Crippen LogP contribution < -0.4 is 5.32 Å². The Balaban J connectivity index is 1.08. The van der Waals surface area contributed by atoms with Gasteiger partial charge in [0.15, 0.2) is 19.7 Å². The predicted molar refractivity (Wildman–Crippen MR) is 222 cm³/mol. The molecule has 6 aliphatic carbocycles. The van der Waals surface area contributed by atoms with Crippen LogP contribution in [0, 0.1) is 56.7 Å². The number of allylic oxidation sites excluding steroid dienone is 5. The molecule has 0 aromatic carbocycles. The Morgan fingerprint density at radius 3 is 2.27 bits per heavy atom. The lowest BCUT2D eigenvalue weighted by Crippen LogP contribution is -2.68. The molecule has 4 saturated carbocycles. The smallest absolute Gasteiger partial charge is 0.312 e. The number of nitrogens with one attached hydrogen (secondary N) is 1. The number of carboxylic acid groups (broad SMARTS) is 1. The predicted octanol–water partition coefficient (Wildman–Crippen LogP) is 7.82. The zero-order valence-electron chi connectivity index (χ0n) is 35.2. The van der Waals surface area contributed by atoms with E-state index in [4.69, 9.17) is 0 Å². The molecule has 7 rings (SSSR count). The fourth-order valence-corrected chi connectivity index (χ4v) is 17.3. The normalized spacial score (nSPS) is 43.3. The summed E-state index contributed by atoms with van der Waals surface area (Å²) < 4.78 is 64.3. The Hall–Kier alpha value is -1.56. The Morgan fingerprint density at radius 2 is 1.64 bits per heavy atom. The van der Waals surface area contributed by atoms with Gasteiger partial charge in [0.05, 0.1) is 28.4 Å². The third-order valence-electron chi connectivity index (χ3n) is 18.4. The molecule has 0 aromatic heterocycles. The molecule has 56 heavy (non-hydrogen) atoms. The van der Waals surface area contributed by atoms with E-state index < -0.39 is 37.7 Å². The number of nitrogens with zero attached hydrogens (tertiary/aromatic N) is 1. The van der Waals surface area contributed by atoms with Gasteiger partial charge in [0.2, 0.25) is 0 Å². The third-order valence-corrected chi connectivity index (χ3v) is 21.6. The Bertz CT molecular complexity index is 1860. The fourth-order valence-electron chi connectivity index (χ4n) is 14.9. The van der Waals surface area contributed by atoms with E-state index >= 15 is 0 Å². The largest absolute Gasteiger partial charge is 0.481 e. The number of halogens is 1. The van der Waals surface area contributed by atoms with Crippen LogP contribution in [0.2, 0.25) is 0 Å². The summed E-state index contributed by atoms with van der Waals surface area (Å²) in [7, 11) is -6.30. The summed E-state index contributed by atoms with van der Waals surface area (Å²) in [6.07, 6.45) is 15.9. The van der Waals surface area contributed by atoms with Crippen molar-refractivity contribution < 1.29 is 31.1 Å². The Labute approximate surface area is 337 Å². The summed E-state index contributed by atoms with van der Waals surface area (Å²) in [5.74, 6) is 1.83. The van der Waals surface area contributed by atoms with Crippen molar-refractivity contribution in [2.24, 2.45) is 56.7 Å². The molecule has 0 aromatic rings. The van der Waals surface area contributed by atoms with Crippen molar-refractivity contribution >= 4 is 25.6 Å². The second-order valence-electron chi connectivity index (χ2n) is 21.1. The van der Waals surface area contributed by atoms with Crippen LogP contribution in [-0.2, 0) is 24.5 Å². The third kappa shape index (κ3) is 6.84. The van der Waals surface area contributed by atoms with E-state index in [0.717, 1.165) is 38.5 Å². The lowest BCUT2D eigenvalue weighted by Gasteiger charge is -2.72. The van der Waals surface area contributed by atoms with Crippen LogP contribution in [0.15, 0.2) is 35.5 Å². The van der Waals surface area contributed by atoms with Gasteiger partial charge in [-0.3, -0.25) is 4.79 Å². The number of sulfone groups is 2. The molecular weight excluding hydrogens is 748 g/mol. The van der Waals surface area contributed by atoms with Crippen LogP contribution in [0.3, 0.4) is 0 Å². The minimum atomic E-state index is -3.30. The average molecular weight is 819 g/mol. The number of hydrogen-bond acceptors (Lipinski definition) is 7. The van der Waals surface area contributed by atoms with Gasteiger partial charge >= 0.3 is 5.97 Å². The Morgan fingerprint density at radius 1 is 0.929 bits per heavy atom. The lowest BCUT2D eigenvalue weighted by atomic mass is 9.33. The van der Waals surface area contributed by atoms with Gasteiger partial charge in [0.25, 0.3) is 0 Å². The van der Waals surface area contributed by atoms with E-state index in [1.807, 2.05) is 4.90 Å². The van der Waals surface area contributed by atoms with Crippen molar-refractivity contribution in [3.63, 3.8) is 0 Å². The highest BCUT2D eigenvalue weighted by Crippen LogP contribution is 2.76. The summed E-state index contributed by atoms with van der Waals surface area (Å²) in [4.78, 5) is 14.0. The summed E-state index contributed by atoms with van der Waals surface area (Å²) in [6.45, 7) is 20.3. The summed E-state index contributed by atoms with van der Waals surface area (Å²) in [6, 6.07) is 0. The average Bonchev–Trinajstić information content (AvgIpc) is 3.51. The van der Waals surface area contributed by atoms with E-state index in [1.165, 1.54) is 36.0 Å². The molecule has 5 fully saturated rings. The summed E-state index contributed by atoms with van der Waals surface area (Å²) in [5, 5.41) is 13.8. The van der Waals surface area contributed by atoms with Crippen molar-refractivity contribution in [1.82, 2.24) is 10.2 Å². The van der Waals surface area contributed by atoms with Gasteiger partial charge in [0, 0.05) is 31.7 Å². The van der Waals surface area contributed by atoms with Crippen molar-refractivity contribution in [1.29, 1.82) is 0 Å². The van der Waals surface area contributed by atoms with Crippen LogP contribution in [-0.4, -0.2) is 94.2 Å². The second kappa shape index (κ2) is 14.6. The fraction of sp³-hybridized carbons (Fsp3) is 0.844. The maximum atomic E-state index is 14.0. The number of carbonyl (C=O) groups is 1. The van der Waals surface area contributed by atoms with E-state index in [0.29, 0.717) is 68.6 Å². The Kier molecular flexibility index (Phi) is 11.1. The molecule has 11 heteroatoms. The van der Waals surface area contributed by atoms with Gasteiger partial charge in [0.1, 0.15) is 6.67 Å². The minimum absolute atomic E-state index is 0.0617. The van der Waals surface area contributed by atoms with Crippen molar-refractivity contribution in [3.05, 3.63) is 35.5 Å². The molecule has 316 valence electrons. The summed E-state index contributed by atoms with van der Waals surface area (Å²) in [5.41, 5.74) is 2.89. The standard InChI is InChI=1S/C45H71FN2O6S2/c1-31(2)33-12-19-45(47-22-26-55(51,52)27-23-48-24-28-56(53,54)29-25-48)21-20-42(6)35(38(33)45)8-9-37-41(5)15-13-34(40(3,4)36(41)14-16-43(37,42)7)32-10-17-44(30-46,18-11-32)39(49)50/h10,13,33,35-38,47H,1,8-9,11-12,14-30H2,2-7H3,(H,49,50)/t33-,35+,36?,37?,38?,41-,42+,43+,44-,45-/m0/s1. The van der Waals surface area contributed by atoms with Crippen molar-refractivity contribution in [2.45, 2.75) is 124 Å². The zero-order chi connectivity index (χ0) is 40.7. The second-order valence-corrected chi connectivity index (χ2v) is 25.7. The van der Waals surface area contributed by atoms with Crippen LogP contribution in [0.5, 0.6) is 0 Å².